The fraction of sp³-hybridized carbons (Fsp3) is 0.0769. The summed E-state index contributed by atoms with van der Waals surface area (Å²) in [6, 6.07) is 20.8. The minimum Gasteiger partial charge on any atom is -0.274 e. The Morgan fingerprint density at radius 1 is 0.972 bits per heavy atom. The number of hydrogen-bond donors (Lipinski definition) is 1. The van der Waals surface area contributed by atoms with Crippen LogP contribution in [0.4, 0.5) is 11.4 Å². The van der Waals surface area contributed by atoms with Gasteiger partial charge in [-0.1, -0.05) is 54.6 Å². The van der Waals surface area contributed by atoms with Crippen molar-refractivity contribution in [1.82, 2.24) is 10.4 Å². The molecule has 0 aromatic heterocycles. The number of benzene rings is 3. The van der Waals surface area contributed by atoms with Crippen molar-refractivity contribution in [3.8, 4) is 0 Å². The summed E-state index contributed by atoms with van der Waals surface area (Å²) in [6.45, 7) is 0. The first kappa shape index (κ1) is 24.0. The van der Waals surface area contributed by atoms with Crippen LogP contribution in [0.3, 0.4) is 0 Å². The van der Waals surface area contributed by atoms with E-state index in [2.05, 4.69) is 5.43 Å². The molecule has 1 fully saturated rings. The summed E-state index contributed by atoms with van der Waals surface area (Å²) < 4.78 is 0. The van der Waals surface area contributed by atoms with Crippen LogP contribution in [0, 0.1) is 10.1 Å². The summed E-state index contributed by atoms with van der Waals surface area (Å²) >= 11 is 0. The number of imide groups is 1. The molecular formula is C26H20N4O6. The van der Waals surface area contributed by atoms with E-state index in [0.29, 0.717) is 11.3 Å². The van der Waals surface area contributed by atoms with Gasteiger partial charge in [0.15, 0.2) is 0 Å². The van der Waals surface area contributed by atoms with E-state index in [1.165, 1.54) is 30.4 Å². The Kier molecular flexibility index (Phi) is 6.96. The molecule has 1 unspecified atom stereocenters. The molecule has 1 aliphatic rings. The van der Waals surface area contributed by atoms with Gasteiger partial charge in [-0.2, -0.15) is 0 Å². The van der Waals surface area contributed by atoms with E-state index < -0.39 is 34.6 Å². The number of anilines is 1. The number of nitro groups is 1. The van der Waals surface area contributed by atoms with Crippen molar-refractivity contribution in [3.63, 3.8) is 0 Å². The van der Waals surface area contributed by atoms with Gasteiger partial charge in [-0.25, -0.2) is 9.91 Å². The van der Waals surface area contributed by atoms with Crippen LogP contribution in [0.2, 0.25) is 0 Å². The fourth-order valence-electron chi connectivity index (χ4n) is 3.70. The van der Waals surface area contributed by atoms with E-state index in [4.69, 9.17) is 0 Å². The molecule has 10 heteroatoms. The number of nitrogens with one attached hydrogen (secondary N) is 1. The fourth-order valence-corrected chi connectivity index (χ4v) is 3.70. The molecule has 36 heavy (non-hydrogen) atoms. The minimum atomic E-state index is -1.31. The maximum atomic E-state index is 13.2. The topological polar surface area (TPSA) is 130 Å². The summed E-state index contributed by atoms with van der Waals surface area (Å²) in [4.78, 5) is 63.5. The number of non-ortho nitro benzene ring substituents is 1. The molecule has 10 nitrogen and oxygen atoms in total. The molecule has 1 aliphatic heterocycles. The van der Waals surface area contributed by atoms with Crippen molar-refractivity contribution in [2.24, 2.45) is 0 Å². The molecule has 3 aromatic carbocycles. The van der Waals surface area contributed by atoms with Crippen molar-refractivity contribution in [1.29, 1.82) is 0 Å². The van der Waals surface area contributed by atoms with Crippen LogP contribution in [0.1, 0.15) is 22.3 Å². The summed E-state index contributed by atoms with van der Waals surface area (Å²) in [5.41, 5.74) is 3.01. The lowest BCUT2D eigenvalue weighted by atomic mass is 10.2. The Balaban J connectivity index is 1.64. The molecule has 4 amide bonds. The second-order valence-corrected chi connectivity index (χ2v) is 7.82. The van der Waals surface area contributed by atoms with E-state index in [-0.39, 0.29) is 17.7 Å². The number of carbonyl (C=O) groups is 4. The Morgan fingerprint density at radius 2 is 1.64 bits per heavy atom. The first-order valence-corrected chi connectivity index (χ1v) is 10.9. The molecule has 0 aliphatic carbocycles. The normalized spacial score (nSPS) is 15.2. The van der Waals surface area contributed by atoms with Crippen LogP contribution in [-0.2, 0) is 14.4 Å². The number of carbonyl (C=O) groups excluding carboxylic acids is 4. The lowest BCUT2D eigenvalue weighted by Crippen LogP contribution is -2.54. The van der Waals surface area contributed by atoms with E-state index in [0.717, 1.165) is 16.0 Å². The summed E-state index contributed by atoms with van der Waals surface area (Å²) in [5.74, 6) is -2.82. The smallest absolute Gasteiger partial charge is 0.270 e. The summed E-state index contributed by atoms with van der Waals surface area (Å²) in [7, 11) is 0. The molecule has 180 valence electrons. The molecule has 1 N–H and O–H groups in total. The van der Waals surface area contributed by atoms with E-state index in [1.807, 2.05) is 6.07 Å². The van der Waals surface area contributed by atoms with Crippen LogP contribution in [0.25, 0.3) is 6.08 Å². The number of para-hydroxylation sites is 1. The standard InChI is InChI=1S/C26H20N4O6/c31-23(15-14-18-8-3-1-4-9-18)29(27-25(33)19-10-7-13-21(16-19)30(35)36)22-17-24(32)28(26(22)34)20-11-5-2-6-12-20/h1-16,22H,17H2,(H,27,33). The Hall–Kier alpha value is -5.12. The second-order valence-electron chi connectivity index (χ2n) is 7.82. The number of hydrogen-bond acceptors (Lipinski definition) is 6. The SMILES string of the molecule is O=C(NN(C(=O)C=Cc1ccccc1)C1CC(=O)N(c2ccccc2)C1=O)c1cccc([N+](=O)[O-])c1. The second kappa shape index (κ2) is 10.4. The van der Waals surface area contributed by atoms with Gasteiger partial charge in [0.2, 0.25) is 5.91 Å². The molecule has 0 bridgehead atoms. The molecule has 3 aromatic rings. The highest BCUT2D eigenvalue weighted by molar-refractivity contribution is 6.23. The Bertz CT molecular complexity index is 1360. The van der Waals surface area contributed by atoms with Gasteiger partial charge in [0.1, 0.15) is 6.04 Å². The van der Waals surface area contributed by atoms with Gasteiger partial charge in [0.05, 0.1) is 17.0 Å². The van der Waals surface area contributed by atoms with E-state index >= 15 is 0 Å². The molecule has 0 saturated carbocycles. The third-order valence-corrected chi connectivity index (χ3v) is 5.45. The van der Waals surface area contributed by atoms with Crippen LogP contribution >= 0.6 is 0 Å². The molecule has 0 spiro atoms. The number of nitro benzene ring substituents is 1. The maximum absolute atomic E-state index is 13.2. The van der Waals surface area contributed by atoms with Gasteiger partial charge in [-0.3, -0.25) is 34.7 Å². The zero-order valence-corrected chi connectivity index (χ0v) is 18.8. The summed E-state index contributed by atoms with van der Waals surface area (Å²) in [6.07, 6.45) is 2.32. The lowest BCUT2D eigenvalue weighted by Gasteiger charge is -2.27. The van der Waals surface area contributed by atoms with Crippen molar-refractivity contribution >= 4 is 41.1 Å². The van der Waals surface area contributed by atoms with Crippen LogP contribution < -0.4 is 10.3 Å². The van der Waals surface area contributed by atoms with Crippen molar-refractivity contribution < 1.29 is 24.1 Å². The quantitative estimate of drug-likeness (QED) is 0.248. The Morgan fingerprint density at radius 3 is 2.31 bits per heavy atom. The third-order valence-electron chi connectivity index (χ3n) is 5.45. The summed E-state index contributed by atoms with van der Waals surface area (Å²) in [5, 5.41) is 11.9. The average molecular weight is 484 g/mol. The van der Waals surface area contributed by atoms with Gasteiger partial charge in [0, 0.05) is 23.8 Å². The molecule has 1 saturated heterocycles. The average Bonchev–Trinajstić information content (AvgIpc) is 3.20. The molecule has 4 rings (SSSR count). The maximum Gasteiger partial charge on any atom is 0.270 e. The number of nitrogens with zero attached hydrogens (tertiary/aromatic N) is 3. The monoisotopic (exact) mass is 484 g/mol. The van der Waals surface area contributed by atoms with Gasteiger partial charge in [-0.15, -0.1) is 0 Å². The zero-order valence-electron chi connectivity index (χ0n) is 18.8. The van der Waals surface area contributed by atoms with Crippen molar-refractivity contribution in [3.05, 3.63) is 112 Å². The Labute approximate surface area is 205 Å². The van der Waals surface area contributed by atoms with Crippen molar-refractivity contribution in [2.75, 3.05) is 4.90 Å². The van der Waals surface area contributed by atoms with Crippen LogP contribution in [0.15, 0.2) is 91.0 Å². The highest BCUT2D eigenvalue weighted by Gasteiger charge is 2.45. The van der Waals surface area contributed by atoms with Crippen LogP contribution in [-0.4, -0.2) is 39.6 Å². The minimum absolute atomic E-state index is 0.0919. The van der Waals surface area contributed by atoms with E-state index in [9.17, 15) is 29.3 Å². The lowest BCUT2D eigenvalue weighted by molar-refractivity contribution is -0.384. The number of amides is 4. The van der Waals surface area contributed by atoms with Gasteiger partial charge >= 0.3 is 0 Å². The molecule has 1 heterocycles. The first-order valence-electron chi connectivity index (χ1n) is 10.9. The van der Waals surface area contributed by atoms with Gasteiger partial charge in [0.25, 0.3) is 23.4 Å². The number of hydrazine groups is 1. The van der Waals surface area contributed by atoms with Gasteiger partial charge in [-0.05, 0) is 29.8 Å². The highest BCUT2D eigenvalue weighted by Crippen LogP contribution is 2.25. The van der Waals surface area contributed by atoms with Crippen molar-refractivity contribution in [2.45, 2.75) is 12.5 Å². The predicted octanol–water partition coefficient (Wildman–Crippen LogP) is 3.11. The number of rotatable bonds is 6. The predicted molar refractivity (Wildman–Crippen MR) is 130 cm³/mol. The third kappa shape index (κ3) is 5.17. The largest absolute Gasteiger partial charge is 0.274 e. The van der Waals surface area contributed by atoms with Gasteiger partial charge < -0.3 is 0 Å². The van der Waals surface area contributed by atoms with Crippen LogP contribution in [0.5, 0.6) is 0 Å². The zero-order chi connectivity index (χ0) is 25.7. The molecule has 0 radical (unpaired) electrons. The van der Waals surface area contributed by atoms with E-state index in [1.54, 1.807) is 54.6 Å². The molecular weight excluding hydrogens is 464 g/mol. The first-order chi connectivity index (χ1) is 17.3. The molecule has 1 atom stereocenters. The highest BCUT2D eigenvalue weighted by atomic mass is 16.6.